The van der Waals surface area contributed by atoms with E-state index in [0.717, 1.165) is 12.1 Å². The molecule has 0 radical (unpaired) electrons. The van der Waals surface area contributed by atoms with E-state index in [0.29, 0.717) is 0 Å². The van der Waals surface area contributed by atoms with Crippen molar-refractivity contribution in [2.75, 3.05) is 18.5 Å². The number of rotatable bonds is 3. The highest BCUT2D eigenvalue weighted by molar-refractivity contribution is 6.30. The summed E-state index contributed by atoms with van der Waals surface area (Å²) in [5, 5.41) is 2.45. The number of benzene rings is 1. The first-order chi connectivity index (χ1) is 6.93. The van der Waals surface area contributed by atoms with Crippen LogP contribution in [-0.4, -0.2) is 13.2 Å². The van der Waals surface area contributed by atoms with Crippen molar-refractivity contribution in [3.63, 3.8) is 0 Å². The first-order valence-electron chi connectivity index (χ1n) is 4.11. The lowest BCUT2D eigenvalue weighted by atomic mass is 10.2. The van der Waals surface area contributed by atoms with Gasteiger partial charge in [0.2, 0.25) is 0 Å². The molecule has 1 aromatic carbocycles. The minimum atomic E-state index is -4.45. The van der Waals surface area contributed by atoms with Gasteiger partial charge in [0.05, 0.1) is 5.56 Å². The number of hydrogen-bond donors (Lipinski definition) is 1. The smallest absolute Gasteiger partial charge is 0.382 e. The molecule has 1 N–H and O–H groups in total. The van der Waals surface area contributed by atoms with Gasteiger partial charge in [0, 0.05) is 17.3 Å². The van der Waals surface area contributed by atoms with Crippen molar-refractivity contribution in [2.24, 2.45) is 0 Å². The first-order valence-corrected chi connectivity index (χ1v) is 4.49. The zero-order chi connectivity index (χ0) is 11.5. The van der Waals surface area contributed by atoms with Crippen molar-refractivity contribution >= 4 is 17.3 Å². The molecule has 0 aliphatic heterocycles. The fourth-order valence-corrected chi connectivity index (χ4v) is 1.28. The Kier molecular flexibility index (Phi) is 3.79. The summed E-state index contributed by atoms with van der Waals surface area (Å²) in [4.78, 5) is 0. The molecule has 0 saturated carbocycles. The van der Waals surface area contributed by atoms with E-state index >= 15 is 0 Å². The highest BCUT2D eigenvalue weighted by Gasteiger charge is 2.31. The second kappa shape index (κ2) is 4.70. The largest absolute Gasteiger partial charge is 0.416 e. The van der Waals surface area contributed by atoms with Gasteiger partial charge < -0.3 is 5.32 Å². The topological polar surface area (TPSA) is 12.0 Å². The number of hydrogen-bond acceptors (Lipinski definition) is 1. The van der Waals surface area contributed by atoms with Crippen molar-refractivity contribution in [3.05, 3.63) is 28.8 Å². The Balaban J connectivity index is 2.95. The first kappa shape index (κ1) is 12.1. The van der Waals surface area contributed by atoms with E-state index in [1.54, 1.807) is 0 Å². The fraction of sp³-hybridized carbons (Fsp3) is 0.333. The summed E-state index contributed by atoms with van der Waals surface area (Å²) in [5.74, 6) is 0. The molecule has 0 spiro atoms. The molecule has 0 aliphatic carbocycles. The van der Waals surface area contributed by atoms with Gasteiger partial charge in [0.25, 0.3) is 0 Å². The van der Waals surface area contributed by atoms with Crippen molar-refractivity contribution in [3.8, 4) is 0 Å². The van der Waals surface area contributed by atoms with E-state index < -0.39 is 18.4 Å². The average Bonchev–Trinajstić information content (AvgIpc) is 2.12. The molecule has 1 nitrogen and oxygen atoms in total. The second-order valence-electron chi connectivity index (χ2n) is 2.84. The third-order valence-electron chi connectivity index (χ3n) is 1.65. The Hall–Kier alpha value is -0.970. The Morgan fingerprint density at radius 3 is 2.40 bits per heavy atom. The van der Waals surface area contributed by atoms with Gasteiger partial charge in [-0.15, -0.1) is 0 Å². The van der Waals surface area contributed by atoms with E-state index in [9.17, 15) is 17.6 Å². The van der Waals surface area contributed by atoms with Gasteiger partial charge in [0.1, 0.15) is 6.67 Å². The molecule has 84 valence electrons. The molecule has 0 amide bonds. The van der Waals surface area contributed by atoms with Crippen LogP contribution in [0.15, 0.2) is 18.2 Å². The summed E-state index contributed by atoms with van der Waals surface area (Å²) in [5.41, 5.74) is -0.691. The minimum Gasteiger partial charge on any atom is -0.382 e. The lowest BCUT2D eigenvalue weighted by Crippen LogP contribution is -2.08. The maximum atomic E-state index is 12.3. The van der Waals surface area contributed by atoms with Crippen LogP contribution in [0.1, 0.15) is 5.56 Å². The van der Waals surface area contributed by atoms with Crippen LogP contribution < -0.4 is 5.32 Å². The van der Waals surface area contributed by atoms with Gasteiger partial charge in [-0.3, -0.25) is 0 Å². The van der Waals surface area contributed by atoms with Gasteiger partial charge in [0.15, 0.2) is 0 Å². The van der Waals surface area contributed by atoms with Crippen LogP contribution in [0, 0.1) is 0 Å². The standard InChI is InChI=1S/C9H8ClF4N/c10-7-3-6(9(12,13)14)4-8(5-7)15-2-1-11/h3-5,15H,1-2H2. The van der Waals surface area contributed by atoms with Gasteiger partial charge >= 0.3 is 6.18 Å². The highest BCUT2D eigenvalue weighted by Crippen LogP contribution is 2.33. The Labute approximate surface area is 89.0 Å². The quantitative estimate of drug-likeness (QED) is 0.795. The van der Waals surface area contributed by atoms with E-state index in [1.807, 2.05) is 0 Å². The van der Waals surface area contributed by atoms with E-state index in [2.05, 4.69) is 5.32 Å². The van der Waals surface area contributed by atoms with Crippen molar-refractivity contribution in [1.82, 2.24) is 0 Å². The van der Waals surface area contributed by atoms with Crippen LogP contribution in [0.4, 0.5) is 23.2 Å². The molecule has 0 heterocycles. The molecule has 0 aliphatic rings. The zero-order valence-corrected chi connectivity index (χ0v) is 8.29. The monoisotopic (exact) mass is 241 g/mol. The number of nitrogens with one attached hydrogen (secondary N) is 1. The molecule has 0 fully saturated rings. The predicted molar refractivity (Wildman–Crippen MR) is 50.9 cm³/mol. The SMILES string of the molecule is FCCNc1cc(Cl)cc(C(F)(F)F)c1. The average molecular weight is 242 g/mol. The van der Waals surface area contributed by atoms with Gasteiger partial charge in [-0.05, 0) is 18.2 Å². The highest BCUT2D eigenvalue weighted by atomic mass is 35.5. The molecule has 6 heteroatoms. The van der Waals surface area contributed by atoms with Crippen molar-refractivity contribution in [2.45, 2.75) is 6.18 Å². The molecule has 1 rings (SSSR count). The summed E-state index contributed by atoms with van der Waals surface area (Å²) in [6.45, 7) is -0.703. The Morgan fingerprint density at radius 1 is 1.20 bits per heavy atom. The molecular formula is C9H8ClF4N. The third-order valence-corrected chi connectivity index (χ3v) is 1.87. The van der Waals surface area contributed by atoms with E-state index in [4.69, 9.17) is 11.6 Å². The Bertz CT molecular complexity index is 337. The molecule has 15 heavy (non-hydrogen) atoms. The van der Waals surface area contributed by atoms with Crippen molar-refractivity contribution in [1.29, 1.82) is 0 Å². The van der Waals surface area contributed by atoms with Gasteiger partial charge in [-0.2, -0.15) is 13.2 Å². The molecule has 0 unspecified atom stereocenters. The van der Waals surface area contributed by atoms with Crippen molar-refractivity contribution < 1.29 is 17.6 Å². The number of anilines is 1. The minimum absolute atomic E-state index is 0.0359. The molecule has 0 saturated heterocycles. The molecule has 1 aromatic rings. The maximum absolute atomic E-state index is 12.3. The zero-order valence-electron chi connectivity index (χ0n) is 7.54. The van der Waals surface area contributed by atoms with Crippen LogP contribution in [0.3, 0.4) is 0 Å². The lowest BCUT2D eigenvalue weighted by molar-refractivity contribution is -0.137. The summed E-state index contributed by atoms with van der Waals surface area (Å²) < 4.78 is 48.7. The normalized spacial score (nSPS) is 11.5. The van der Waals surface area contributed by atoms with Crippen LogP contribution >= 0.6 is 11.6 Å². The van der Waals surface area contributed by atoms with E-state index in [1.165, 1.54) is 6.07 Å². The number of halogens is 5. The predicted octanol–water partition coefficient (Wildman–Crippen LogP) is 3.74. The van der Waals surface area contributed by atoms with Crippen LogP contribution in [0.5, 0.6) is 0 Å². The molecular weight excluding hydrogens is 234 g/mol. The molecule has 0 bridgehead atoms. The van der Waals surface area contributed by atoms with Crippen LogP contribution in [0.25, 0.3) is 0 Å². The summed E-state index contributed by atoms with van der Waals surface area (Å²) >= 11 is 5.50. The summed E-state index contributed by atoms with van der Waals surface area (Å²) in [7, 11) is 0. The van der Waals surface area contributed by atoms with Crippen LogP contribution in [0.2, 0.25) is 5.02 Å². The van der Waals surface area contributed by atoms with E-state index in [-0.39, 0.29) is 17.3 Å². The lowest BCUT2D eigenvalue weighted by Gasteiger charge is -2.10. The molecule has 0 atom stereocenters. The number of alkyl halides is 4. The Morgan fingerprint density at radius 2 is 1.87 bits per heavy atom. The maximum Gasteiger partial charge on any atom is 0.416 e. The molecule has 0 aromatic heterocycles. The van der Waals surface area contributed by atoms with Crippen LogP contribution in [-0.2, 0) is 6.18 Å². The van der Waals surface area contributed by atoms with Gasteiger partial charge in [-0.25, -0.2) is 4.39 Å². The second-order valence-corrected chi connectivity index (χ2v) is 3.28. The third kappa shape index (κ3) is 3.58. The van der Waals surface area contributed by atoms with Gasteiger partial charge in [-0.1, -0.05) is 11.6 Å². The fourth-order valence-electron chi connectivity index (χ4n) is 1.05. The summed E-state index contributed by atoms with van der Waals surface area (Å²) in [6, 6.07) is 3.02. The summed E-state index contributed by atoms with van der Waals surface area (Å²) in [6.07, 6.45) is -4.45.